The van der Waals surface area contributed by atoms with E-state index in [1.54, 1.807) is 25.4 Å². The summed E-state index contributed by atoms with van der Waals surface area (Å²) in [6, 6.07) is 14.7. The summed E-state index contributed by atoms with van der Waals surface area (Å²) >= 11 is 7.41. The normalized spacial score (nSPS) is 15.7. The Morgan fingerprint density at radius 1 is 1.25 bits per heavy atom. The maximum atomic E-state index is 12.9. The van der Waals surface area contributed by atoms with Crippen LogP contribution in [0.5, 0.6) is 5.75 Å². The number of anilines is 1. The van der Waals surface area contributed by atoms with E-state index in [4.69, 9.17) is 16.3 Å². The summed E-state index contributed by atoms with van der Waals surface area (Å²) in [5, 5.41) is 14.4. The van der Waals surface area contributed by atoms with Gasteiger partial charge in [-0.25, -0.2) is 4.98 Å². The molecule has 0 radical (unpaired) electrons. The Balaban J connectivity index is 1.49. The quantitative estimate of drug-likeness (QED) is 0.620. The predicted octanol–water partition coefficient (Wildman–Crippen LogP) is 4.56. The molecule has 144 valence electrons. The van der Waals surface area contributed by atoms with Crippen molar-refractivity contribution in [3.63, 3.8) is 0 Å². The molecule has 3 aromatic rings. The number of hydrogen-bond acceptors (Lipinski definition) is 5. The Labute approximate surface area is 172 Å². The number of rotatable bonds is 6. The highest BCUT2D eigenvalue weighted by Crippen LogP contribution is 2.49. The van der Waals surface area contributed by atoms with E-state index in [1.807, 2.05) is 36.4 Å². The fourth-order valence-corrected chi connectivity index (χ4v) is 4.28. The molecule has 5 nitrogen and oxygen atoms in total. The van der Waals surface area contributed by atoms with Crippen molar-refractivity contribution < 1.29 is 14.6 Å². The molecule has 1 amide bonds. The molecule has 2 N–H and O–H groups in total. The standard InChI is InChI=1S/C21H19ClN2O3S/c1-27-14-8-6-13(7-9-14)21(10-11-21)19(26)24-20-23-12-17(28-20)18(25)15-4-2-3-5-16(15)22/h2-9,12,18,25H,10-11H2,1H3,(H,23,24,26). The van der Waals surface area contributed by atoms with Crippen LogP contribution in [0.2, 0.25) is 5.02 Å². The molecule has 1 atom stereocenters. The monoisotopic (exact) mass is 414 g/mol. The van der Waals surface area contributed by atoms with Gasteiger partial charge in [-0.2, -0.15) is 0 Å². The van der Waals surface area contributed by atoms with Gasteiger partial charge < -0.3 is 15.2 Å². The summed E-state index contributed by atoms with van der Waals surface area (Å²) in [5.74, 6) is 0.684. The molecule has 2 aromatic carbocycles. The number of thiazole rings is 1. The maximum absolute atomic E-state index is 12.9. The minimum atomic E-state index is -0.881. The molecule has 0 saturated heterocycles. The van der Waals surface area contributed by atoms with Gasteiger partial charge in [0.15, 0.2) is 5.13 Å². The van der Waals surface area contributed by atoms with Gasteiger partial charge >= 0.3 is 0 Å². The molecule has 1 aliphatic rings. The summed E-state index contributed by atoms with van der Waals surface area (Å²) in [6.07, 6.45) is 2.28. The largest absolute Gasteiger partial charge is 0.497 e. The highest BCUT2D eigenvalue weighted by molar-refractivity contribution is 7.15. The van der Waals surface area contributed by atoms with Crippen molar-refractivity contribution >= 4 is 34.0 Å². The van der Waals surface area contributed by atoms with Gasteiger partial charge in [0, 0.05) is 16.8 Å². The molecular formula is C21H19ClN2O3S. The van der Waals surface area contributed by atoms with Crippen LogP contribution in [0.4, 0.5) is 5.13 Å². The van der Waals surface area contributed by atoms with Gasteiger partial charge in [0.1, 0.15) is 11.9 Å². The Bertz CT molecular complexity index is 999. The molecule has 1 fully saturated rings. The van der Waals surface area contributed by atoms with E-state index in [-0.39, 0.29) is 5.91 Å². The van der Waals surface area contributed by atoms with Crippen molar-refractivity contribution in [1.29, 1.82) is 0 Å². The number of carbonyl (C=O) groups excluding carboxylic acids is 1. The maximum Gasteiger partial charge on any atom is 0.236 e. The first-order chi connectivity index (χ1) is 13.5. The second-order valence-corrected chi connectivity index (χ2v) is 8.23. The minimum Gasteiger partial charge on any atom is -0.497 e. The smallest absolute Gasteiger partial charge is 0.236 e. The first kappa shape index (κ1) is 18.9. The summed E-state index contributed by atoms with van der Waals surface area (Å²) in [6.45, 7) is 0. The lowest BCUT2D eigenvalue weighted by molar-refractivity contribution is -0.118. The van der Waals surface area contributed by atoms with E-state index >= 15 is 0 Å². The van der Waals surface area contributed by atoms with Gasteiger partial charge in [0.05, 0.1) is 17.4 Å². The molecule has 1 saturated carbocycles. The second kappa shape index (κ2) is 7.54. The molecule has 4 rings (SSSR count). The second-order valence-electron chi connectivity index (χ2n) is 6.76. The molecule has 1 aromatic heterocycles. The molecule has 0 bridgehead atoms. The zero-order chi connectivity index (χ0) is 19.7. The van der Waals surface area contributed by atoms with E-state index in [2.05, 4.69) is 10.3 Å². The van der Waals surface area contributed by atoms with Crippen molar-refractivity contribution in [2.45, 2.75) is 24.4 Å². The number of nitrogens with zero attached hydrogens (tertiary/aromatic N) is 1. The number of benzene rings is 2. The lowest BCUT2D eigenvalue weighted by atomic mass is 9.95. The number of nitrogens with one attached hydrogen (secondary N) is 1. The van der Waals surface area contributed by atoms with Crippen LogP contribution in [-0.2, 0) is 10.2 Å². The van der Waals surface area contributed by atoms with E-state index in [0.717, 1.165) is 24.2 Å². The van der Waals surface area contributed by atoms with E-state index in [1.165, 1.54) is 11.3 Å². The molecular weight excluding hydrogens is 396 g/mol. The molecule has 1 heterocycles. The van der Waals surface area contributed by atoms with Gasteiger partial charge in [-0.15, -0.1) is 0 Å². The topological polar surface area (TPSA) is 71.5 Å². The summed E-state index contributed by atoms with van der Waals surface area (Å²) in [7, 11) is 1.62. The van der Waals surface area contributed by atoms with Gasteiger partial charge in [0.2, 0.25) is 5.91 Å². The predicted molar refractivity (Wildman–Crippen MR) is 110 cm³/mol. The molecule has 0 spiro atoms. The lowest BCUT2D eigenvalue weighted by Gasteiger charge is -2.15. The zero-order valence-corrected chi connectivity index (χ0v) is 16.8. The fraction of sp³-hybridized carbons (Fsp3) is 0.238. The third-order valence-electron chi connectivity index (χ3n) is 5.04. The highest BCUT2D eigenvalue weighted by Gasteiger charge is 2.51. The first-order valence-corrected chi connectivity index (χ1v) is 10.1. The zero-order valence-electron chi connectivity index (χ0n) is 15.2. The highest BCUT2D eigenvalue weighted by atomic mass is 35.5. The first-order valence-electron chi connectivity index (χ1n) is 8.88. The number of aliphatic hydroxyl groups is 1. The van der Waals surface area contributed by atoms with Crippen LogP contribution < -0.4 is 10.1 Å². The van der Waals surface area contributed by atoms with E-state index in [0.29, 0.717) is 20.6 Å². The van der Waals surface area contributed by atoms with Crippen molar-refractivity contribution in [3.05, 3.63) is 75.8 Å². The summed E-state index contributed by atoms with van der Waals surface area (Å²) in [4.78, 5) is 17.8. The number of hydrogen-bond donors (Lipinski definition) is 2. The van der Waals surface area contributed by atoms with Gasteiger partial charge in [-0.1, -0.05) is 53.3 Å². The molecule has 28 heavy (non-hydrogen) atoms. The van der Waals surface area contributed by atoms with Crippen molar-refractivity contribution in [1.82, 2.24) is 4.98 Å². The number of aliphatic hydroxyl groups excluding tert-OH is 1. The lowest BCUT2D eigenvalue weighted by Crippen LogP contribution is -2.27. The Morgan fingerprint density at radius 3 is 2.61 bits per heavy atom. The van der Waals surface area contributed by atoms with Crippen LogP contribution in [0, 0.1) is 0 Å². The number of carbonyl (C=O) groups is 1. The Morgan fingerprint density at radius 2 is 1.96 bits per heavy atom. The fourth-order valence-electron chi connectivity index (χ4n) is 3.22. The Kier molecular flexibility index (Phi) is 5.10. The minimum absolute atomic E-state index is 0.0780. The number of ether oxygens (including phenoxy) is 1. The summed E-state index contributed by atoms with van der Waals surface area (Å²) in [5.41, 5.74) is 1.07. The number of halogens is 1. The SMILES string of the molecule is COc1ccc(C2(C(=O)Nc3ncc(C(O)c4ccccc4Cl)s3)CC2)cc1. The average Bonchev–Trinajstić information content (AvgIpc) is 3.41. The van der Waals surface area contributed by atoms with Crippen LogP contribution in [0.3, 0.4) is 0 Å². The van der Waals surface area contributed by atoms with Gasteiger partial charge in [-0.05, 0) is 36.6 Å². The molecule has 7 heteroatoms. The van der Waals surface area contributed by atoms with Crippen LogP contribution in [0.1, 0.15) is 34.9 Å². The molecule has 1 aliphatic carbocycles. The van der Waals surface area contributed by atoms with E-state index < -0.39 is 11.5 Å². The number of aromatic nitrogens is 1. The number of amides is 1. The third-order valence-corrected chi connectivity index (χ3v) is 6.35. The van der Waals surface area contributed by atoms with Crippen LogP contribution in [-0.4, -0.2) is 23.1 Å². The van der Waals surface area contributed by atoms with Crippen LogP contribution in [0.25, 0.3) is 0 Å². The molecule has 0 aliphatic heterocycles. The van der Waals surface area contributed by atoms with Crippen molar-refractivity contribution in [3.8, 4) is 5.75 Å². The van der Waals surface area contributed by atoms with E-state index in [9.17, 15) is 9.90 Å². The average molecular weight is 415 g/mol. The van der Waals surface area contributed by atoms with Gasteiger partial charge in [-0.3, -0.25) is 4.79 Å². The number of methoxy groups -OCH3 is 1. The van der Waals surface area contributed by atoms with Crippen molar-refractivity contribution in [2.24, 2.45) is 0 Å². The van der Waals surface area contributed by atoms with Gasteiger partial charge in [0.25, 0.3) is 0 Å². The van der Waals surface area contributed by atoms with Crippen molar-refractivity contribution in [2.75, 3.05) is 12.4 Å². The molecule has 1 unspecified atom stereocenters. The Hall–Kier alpha value is -2.41. The third kappa shape index (κ3) is 3.51. The van der Waals surface area contributed by atoms with Crippen LogP contribution in [0.15, 0.2) is 54.7 Å². The summed E-state index contributed by atoms with van der Waals surface area (Å²) < 4.78 is 5.19. The van der Waals surface area contributed by atoms with Crippen LogP contribution >= 0.6 is 22.9 Å².